The first-order chi connectivity index (χ1) is 11.2. The first kappa shape index (κ1) is 23.9. The van der Waals surface area contributed by atoms with E-state index in [1.807, 2.05) is 13.8 Å². The second-order valence-electron chi connectivity index (χ2n) is 5.87. The largest absolute Gasteiger partial charge is 0.350 e. The number of carbonyl (C=O) groups is 1. The molecule has 1 aromatic rings. The molecule has 0 radical (unpaired) electrons. The second kappa shape index (κ2) is 10.1. The number of sulfonamides is 1. The molecule has 1 aromatic carbocycles. The molecule has 0 aliphatic carbocycles. The van der Waals surface area contributed by atoms with Crippen molar-refractivity contribution >= 4 is 28.3 Å². The quantitative estimate of drug-likeness (QED) is 0.675. The normalized spacial score (nSPS) is 11.9. The summed E-state index contributed by atoms with van der Waals surface area (Å²) in [5.74, 6) is -0.251. The van der Waals surface area contributed by atoms with E-state index in [2.05, 4.69) is 5.32 Å². The summed E-state index contributed by atoms with van der Waals surface area (Å²) in [4.78, 5) is 12.4. The first-order valence-electron chi connectivity index (χ1n) is 8.41. The minimum Gasteiger partial charge on any atom is -0.350 e. The molecule has 0 aliphatic rings. The van der Waals surface area contributed by atoms with Gasteiger partial charge < -0.3 is 11.1 Å². The molecule has 25 heavy (non-hydrogen) atoms. The predicted octanol–water partition coefficient (Wildman–Crippen LogP) is 2.39. The third-order valence-electron chi connectivity index (χ3n) is 4.47. The number of amides is 1. The number of benzene rings is 1. The van der Waals surface area contributed by atoms with Crippen LogP contribution in [0.15, 0.2) is 29.2 Å². The fraction of sp³-hybridized carbons (Fsp3) is 0.588. The third kappa shape index (κ3) is 5.95. The summed E-state index contributed by atoms with van der Waals surface area (Å²) in [7, 11) is -3.51. The van der Waals surface area contributed by atoms with Crippen LogP contribution in [0.2, 0.25) is 0 Å². The van der Waals surface area contributed by atoms with Crippen molar-refractivity contribution in [1.29, 1.82) is 0 Å². The van der Waals surface area contributed by atoms with Crippen molar-refractivity contribution in [3.63, 3.8) is 0 Å². The Morgan fingerprint density at radius 3 is 1.96 bits per heavy atom. The fourth-order valence-corrected chi connectivity index (χ4v) is 3.81. The van der Waals surface area contributed by atoms with Gasteiger partial charge >= 0.3 is 0 Å². The van der Waals surface area contributed by atoms with Gasteiger partial charge in [0.25, 0.3) is 5.91 Å². The Kier molecular flexibility index (Phi) is 9.64. The number of carbonyl (C=O) groups excluding carboxylic acids is 1. The molecule has 0 saturated heterocycles. The molecule has 0 saturated carbocycles. The van der Waals surface area contributed by atoms with Crippen molar-refractivity contribution < 1.29 is 13.2 Å². The van der Waals surface area contributed by atoms with Gasteiger partial charge in [-0.1, -0.05) is 27.7 Å². The molecule has 144 valence electrons. The number of hydrogen-bond acceptors (Lipinski definition) is 4. The lowest BCUT2D eigenvalue weighted by molar-refractivity contribution is 0.0942. The van der Waals surface area contributed by atoms with Gasteiger partial charge in [0.05, 0.1) is 4.90 Å². The fourth-order valence-electron chi connectivity index (χ4n) is 2.35. The van der Waals surface area contributed by atoms with E-state index in [4.69, 9.17) is 5.73 Å². The van der Waals surface area contributed by atoms with Gasteiger partial charge in [-0.3, -0.25) is 4.79 Å². The monoisotopic (exact) mass is 391 g/mol. The molecule has 6 nitrogen and oxygen atoms in total. The summed E-state index contributed by atoms with van der Waals surface area (Å²) in [6, 6.07) is 6.00. The van der Waals surface area contributed by atoms with Crippen LogP contribution in [-0.4, -0.2) is 43.8 Å². The van der Waals surface area contributed by atoms with E-state index in [1.54, 1.807) is 13.8 Å². The minimum absolute atomic E-state index is 0. The van der Waals surface area contributed by atoms with Gasteiger partial charge in [-0.2, -0.15) is 4.31 Å². The van der Waals surface area contributed by atoms with E-state index in [-0.39, 0.29) is 23.2 Å². The van der Waals surface area contributed by atoms with Crippen LogP contribution < -0.4 is 11.1 Å². The van der Waals surface area contributed by atoms with Crippen molar-refractivity contribution in [3.05, 3.63) is 29.8 Å². The number of nitrogens with two attached hydrogens (primary N) is 1. The molecule has 0 fully saturated rings. The summed E-state index contributed by atoms with van der Waals surface area (Å²) in [5.41, 5.74) is 6.17. The molecule has 1 rings (SSSR count). The van der Waals surface area contributed by atoms with Gasteiger partial charge in [0, 0.05) is 30.7 Å². The molecule has 1 amide bonds. The molecule has 0 heterocycles. The van der Waals surface area contributed by atoms with Crippen LogP contribution >= 0.6 is 12.4 Å². The number of rotatable bonds is 9. The highest BCUT2D eigenvalue weighted by Crippen LogP contribution is 2.16. The SMILES string of the molecule is CCN(CC)S(=O)(=O)c1ccc(C(=O)NCC(N)(CC)CC)cc1.Cl. The average Bonchev–Trinajstić information content (AvgIpc) is 2.60. The van der Waals surface area contributed by atoms with Gasteiger partial charge in [-0.05, 0) is 37.1 Å². The Morgan fingerprint density at radius 1 is 1.08 bits per heavy atom. The first-order valence-corrected chi connectivity index (χ1v) is 9.85. The lowest BCUT2D eigenvalue weighted by Crippen LogP contribution is -2.49. The number of halogens is 1. The van der Waals surface area contributed by atoms with Gasteiger partial charge in [0.1, 0.15) is 0 Å². The van der Waals surface area contributed by atoms with Crippen LogP contribution in [-0.2, 0) is 10.0 Å². The summed E-state index contributed by atoms with van der Waals surface area (Å²) >= 11 is 0. The van der Waals surface area contributed by atoms with E-state index in [0.29, 0.717) is 25.2 Å². The molecule has 0 bridgehead atoms. The topological polar surface area (TPSA) is 92.5 Å². The number of nitrogens with one attached hydrogen (secondary N) is 1. The smallest absolute Gasteiger partial charge is 0.251 e. The highest BCUT2D eigenvalue weighted by atomic mass is 35.5. The number of hydrogen-bond donors (Lipinski definition) is 2. The zero-order chi connectivity index (χ0) is 18.4. The second-order valence-corrected chi connectivity index (χ2v) is 7.80. The molecule has 0 atom stereocenters. The third-order valence-corrected chi connectivity index (χ3v) is 6.53. The molecule has 0 spiro atoms. The predicted molar refractivity (Wildman–Crippen MR) is 104 cm³/mol. The van der Waals surface area contributed by atoms with Crippen LogP contribution in [0.1, 0.15) is 50.9 Å². The van der Waals surface area contributed by atoms with Gasteiger partial charge in [-0.25, -0.2) is 8.42 Å². The van der Waals surface area contributed by atoms with E-state index in [0.717, 1.165) is 12.8 Å². The molecule has 0 aromatic heterocycles. The van der Waals surface area contributed by atoms with Crippen molar-refractivity contribution in [3.8, 4) is 0 Å². The standard InChI is InChI=1S/C17H29N3O3S.ClH/c1-5-17(18,6-2)13-19-16(21)14-9-11-15(12-10-14)24(22,23)20(7-3)8-4;/h9-12H,5-8,13,18H2,1-4H3,(H,19,21);1H. The van der Waals surface area contributed by atoms with Crippen LogP contribution in [0, 0.1) is 0 Å². The molecule has 0 aliphatic heterocycles. The van der Waals surface area contributed by atoms with E-state index < -0.39 is 15.6 Å². The zero-order valence-corrected chi connectivity index (χ0v) is 17.0. The van der Waals surface area contributed by atoms with Gasteiger partial charge in [0.2, 0.25) is 10.0 Å². The van der Waals surface area contributed by atoms with Crippen molar-refractivity contribution in [2.45, 2.75) is 51.0 Å². The lowest BCUT2D eigenvalue weighted by atomic mass is 9.94. The molecular weight excluding hydrogens is 362 g/mol. The van der Waals surface area contributed by atoms with Gasteiger partial charge in [0.15, 0.2) is 0 Å². The van der Waals surface area contributed by atoms with Gasteiger partial charge in [-0.15, -0.1) is 12.4 Å². The van der Waals surface area contributed by atoms with Crippen molar-refractivity contribution in [2.75, 3.05) is 19.6 Å². The van der Waals surface area contributed by atoms with Crippen LogP contribution in [0.3, 0.4) is 0 Å². The lowest BCUT2D eigenvalue weighted by Gasteiger charge is -2.26. The number of nitrogens with zero attached hydrogens (tertiary/aromatic N) is 1. The molecule has 3 N–H and O–H groups in total. The van der Waals surface area contributed by atoms with Crippen molar-refractivity contribution in [2.24, 2.45) is 5.73 Å². The summed E-state index contributed by atoms with van der Waals surface area (Å²) < 4.78 is 26.2. The summed E-state index contributed by atoms with van der Waals surface area (Å²) in [6.45, 7) is 8.78. The maximum absolute atomic E-state index is 12.4. The summed E-state index contributed by atoms with van der Waals surface area (Å²) in [5, 5.41) is 2.82. The van der Waals surface area contributed by atoms with E-state index >= 15 is 0 Å². The van der Waals surface area contributed by atoms with Crippen molar-refractivity contribution in [1.82, 2.24) is 9.62 Å². The maximum atomic E-state index is 12.4. The Morgan fingerprint density at radius 2 is 1.56 bits per heavy atom. The highest BCUT2D eigenvalue weighted by Gasteiger charge is 2.23. The Hall–Kier alpha value is -1.15. The van der Waals surface area contributed by atoms with Crippen LogP contribution in [0.4, 0.5) is 0 Å². The zero-order valence-electron chi connectivity index (χ0n) is 15.4. The molecular formula is C17H30ClN3O3S. The van der Waals surface area contributed by atoms with Crippen LogP contribution in [0.25, 0.3) is 0 Å². The highest BCUT2D eigenvalue weighted by molar-refractivity contribution is 7.89. The molecule has 0 unspecified atom stereocenters. The molecule has 8 heteroatoms. The minimum atomic E-state index is -3.51. The van der Waals surface area contributed by atoms with E-state index in [9.17, 15) is 13.2 Å². The average molecular weight is 392 g/mol. The Bertz CT molecular complexity index is 640. The Labute approximate surface area is 157 Å². The van der Waals surface area contributed by atoms with Crippen LogP contribution in [0.5, 0.6) is 0 Å². The summed E-state index contributed by atoms with van der Waals surface area (Å²) in [6.07, 6.45) is 1.54. The Balaban J connectivity index is 0.00000576. The van der Waals surface area contributed by atoms with E-state index in [1.165, 1.54) is 28.6 Å². The maximum Gasteiger partial charge on any atom is 0.251 e.